The number of anilines is 2. The first-order chi connectivity index (χ1) is 26.0. The van der Waals surface area contributed by atoms with E-state index in [1.54, 1.807) is 43.8 Å². The highest BCUT2D eigenvalue weighted by atomic mass is 32.2. The molecule has 0 saturated carbocycles. The number of hydrogen-bond acceptors (Lipinski definition) is 15. The topological polar surface area (TPSA) is 186 Å². The summed E-state index contributed by atoms with van der Waals surface area (Å²) in [5, 5.41) is 17.6. The zero-order chi connectivity index (χ0) is 37.9. The molecule has 0 amide bonds. The van der Waals surface area contributed by atoms with Crippen molar-refractivity contribution in [2.45, 2.75) is 5.51 Å². The van der Waals surface area contributed by atoms with Gasteiger partial charge in [-0.05, 0) is 60.1 Å². The summed E-state index contributed by atoms with van der Waals surface area (Å²) < 4.78 is 80.2. The summed E-state index contributed by atoms with van der Waals surface area (Å²) in [7, 11) is -2.81. The van der Waals surface area contributed by atoms with Crippen LogP contribution in [0.1, 0.15) is 0 Å². The van der Waals surface area contributed by atoms with Crippen molar-refractivity contribution < 1.29 is 35.2 Å². The molecule has 7 heterocycles. The molecule has 0 aliphatic rings. The zero-order valence-electron chi connectivity index (χ0n) is 27.8. The van der Waals surface area contributed by atoms with Crippen LogP contribution in [0.4, 0.5) is 24.8 Å². The lowest BCUT2D eigenvalue weighted by Gasteiger charge is -2.08. The number of hydrogen-bond donors (Lipinski definition) is 1. The molecule has 16 nitrogen and oxygen atoms in total. The highest BCUT2D eigenvalue weighted by molar-refractivity contribution is 7.87. The van der Waals surface area contributed by atoms with Gasteiger partial charge in [-0.3, -0.25) is 0 Å². The lowest BCUT2D eigenvalue weighted by molar-refractivity contribution is -0.0503. The first-order valence-electron chi connectivity index (χ1n) is 15.4. The van der Waals surface area contributed by atoms with Gasteiger partial charge in [-0.15, -0.1) is 15.3 Å². The van der Waals surface area contributed by atoms with E-state index in [0.29, 0.717) is 34.5 Å². The standard InChI is InChI=1S/C20H15N7OS.C13H9F3N4O4S/c1-28-19-9-4-14(10-21-19)18-8-7-16-11-22-20(25-27(16)18)23-15-5-2-13(3-6-15)17-12-29-26-24-17;1-23-11-5-2-8(6-17-11)10-4-3-9-7-18-12(19-20(9)10)24-25(21,22)13(14,15)16/h2-12H,1H3,(H,23,25);2-7H,1H3. The summed E-state index contributed by atoms with van der Waals surface area (Å²) in [6, 6.07) is 21.2. The van der Waals surface area contributed by atoms with Crippen molar-refractivity contribution in [3.05, 3.63) is 103 Å². The van der Waals surface area contributed by atoms with E-state index >= 15 is 0 Å². The van der Waals surface area contributed by atoms with E-state index in [1.165, 1.54) is 29.4 Å². The van der Waals surface area contributed by atoms with Crippen molar-refractivity contribution in [1.29, 1.82) is 0 Å². The van der Waals surface area contributed by atoms with E-state index in [4.69, 9.17) is 9.47 Å². The first-order valence-corrected chi connectivity index (χ1v) is 17.6. The lowest BCUT2D eigenvalue weighted by Crippen LogP contribution is -2.28. The second-order valence-electron chi connectivity index (χ2n) is 10.9. The van der Waals surface area contributed by atoms with E-state index in [1.807, 2.05) is 58.4 Å². The third-order valence-corrected chi connectivity index (χ3v) is 8.96. The van der Waals surface area contributed by atoms with E-state index in [-0.39, 0.29) is 0 Å². The highest BCUT2D eigenvalue weighted by Crippen LogP contribution is 2.28. The largest absolute Gasteiger partial charge is 0.534 e. The molecular weight excluding hydrogens is 752 g/mol. The molecule has 1 N–H and O–H groups in total. The van der Waals surface area contributed by atoms with Gasteiger partial charge >= 0.3 is 21.6 Å². The van der Waals surface area contributed by atoms with Crippen LogP contribution >= 0.6 is 11.5 Å². The average molecular weight is 776 g/mol. The normalized spacial score (nSPS) is 11.6. The van der Waals surface area contributed by atoms with Crippen molar-refractivity contribution in [2.75, 3.05) is 19.5 Å². The van der Waals surface area contributed by atoms with Gasteiger partial charge in [-0.2, -0.15) is 26.6 Å². The quantitative estimate of drug-likeness (QED) is 0.131. The van der Waals surface area contributed by atoms with Gasteiger partial charge in [-0.1, -0.05) is 16.6 Å². The molecular formula is C33H24F3N11O5S2. The number of fused-ring (bicyclic) bond motifs is 2. The van der Waals surface area contributed by atoms with Crippen LogP contribution in [0.5, 0.6) is 17.8 Å². The van der Waals surface area contributed by atoms with Gasteiger partial charge in [0, 0.05) is 52.3 Å². The molecule has 21 heteroatoms. The minimum Gasteiger partial charge on any atom is -0.481 e. The van der Waals surface area contributed by atoms with Crippen molar-refractivity contribution in [3.63, 3.8) is 0 Å². The molecule has 8 rings (SSSR count). The Hall–Kier alpha value is -6.74. The predicted molar refractivity (Wildman–Crippen MR) is 190 cm³/mol. The molecule has 8 aromatic rings. The number of ether oxygens (including phenoxy) is 2. The Bertz CT molecular complexity index is 2640. The third-order valence-electron chi connectivity index (χ3n) is 7.52. The molecule has 1 aromatic carbocycles. The van der Waals surface area contributed by atoms with E-state index < -0.39 is 21.6 Å². The number of methoxy groups -OCH3 is 2. The molecule has 0 spiro atoms. The molecule has 7 aromatic heterocycles. The van der Waals surface area contributed by atoms with Crippen LogP contribution < -0.4 is 19.0 Å². The van der Waals surface area contributed by atoms with Gasteiger partial charge in [0.05, 0.1) is 49.0 Å². The van der Waals surface area contributed by atoms with Crippen molar-refractivity contribution >= 4 is 44.3 Å². The minimum absolute atomic E-state index is 0.375. The Labute approximate surface area is 307 Å². The Morgan fingerprint density at radius 2 is 1.26 bits per heavy atom. The van der Waals surface area contributed by atoms with E-state index in [9.17, 15) is 21.6 Å². The van der Waals surface area contributed by atoms with Gasteiger partial charge < -0.3 is 19.0 Å². The van der Waals surface area contributed by atoms with Gasteiger partial charge in [0.2, 0.25) is 17.7 Å². The van der Waals surface area contributed by atoms with Gasteiger partial charge in [0.1, 0.15) is 5.69 Å². The fraction of sp³-hybridized carbons (Fsp3) is 0.0909. The fourth-order valence-electron chi connectivity index (χ4n) is 4.92. The molecule has 0 bridgehead atoms. The number of nitrogens with zero attached hydrogens (tertiary/aromatic N) is 10. The molecule has 274 valence electrons. The number of benzene rings is 1. The second-order valence-corrected chi connectivity index (χ2v) is 13.0. The van der Waals surface area contributed by atoms with Crippen LogP contribution in [0.2, 0.25) is 0 Å². The van der Waals surface area contributed by atoms with Crippen LogP contribution in [-0.4, -0.2) is 76.9 Å². The molecule has 0 fully saturated rings. The SMILES string of the molecule is COc1ccc(-c2ccc3cnc(Nc4ccc(-c5csnn5)cc4)nn23)cn1.COc1ccc(-c2ccc3cnc(OS(=O)(=O)C(F)(F)F)nn23)cn1. The van der Waals surface area contributed by atoms with Gasteiger partial charge in [0.15, 0.2) is 0 Å². The van der Waals surface area contributed by atoms with Gasteiger partial charge in [-0.25, -0.2) is 24.0 Å². The Morgan fingerprint density at radius 3 is 1.78 bits per heavy atom. The molecule has 0 unspecified atom stereocenters. The number of alkyl halides is 3. The monoisotopic (exact) mass is 775 g/mol. The predicted octanol–water partition coefficient (Wildman–Crippen LogP) is 6.09. The summed E-state index contributed by atoms with van der Waals surface area (Å²) in [6.07, 6.45) is 6.15. The summed E-state index contributed by atoms with van der Waals surface area (Å²) in [5.41, 5.74) is 1.38. The minimum atomic E-state index is -5.86. The Balaban J connectivity index is 0.000000169. The van der Waals surface area contributed by atoms with Crippen LogP contribution in [0, 0.1) is 0 Å². The van der Waals surface area contributed by atoms with Crippen LogP contribution in [0.25, 0.3) is 44.8 Å². The molecule has 0 aliphatic heterocycles. The number of nitrogens with one attached hydrogen (secondary N) is 1. The second kappa shape index (κ2) is 14.7. The zero-order valence-corrected chi connectivity index (χ0v) is 29.4. The summed E-state index contributed by atoms with van der Waals surface area (Å²) in [4.78, 5) is 16.2. The average Bonchev–Trinajstić information content (AvgIpc) is 3.96. The third kappa shape index (κ3) is 7.56. The maximum Gasteiger partial charge on any atom is 0.534 e. The van der Waals surface area contributed by atoms with E-state index in [2.05, 4.69) is 49.2 Å². The van der Waals surface area contributed by atoms with Crippen molar-refractivity contribution in [3.8, 4) is 51.5 Å². The van der Waals surface area contributed by atoms with Crippen molar-refractivity contribution in [1.82, 2.24) is 48.8 Å². The summed E-state index contributed by atoms with van der Waals surface area (Å²) in [5.74, 6) is 1.45. The smallest absolute Gasteiger partial charge is 0.481 e. The van der Waals surface area contributed by atoms with Crippen LogP contribution in [0.3, 0.4) is 0 Å². The molecule has 0 radical (unpaired) electrons. The number of rotatable bonds is 9. The summed E-state index contributed by atoms with van der Waals surface area (Å²) in [6.45, 7) is 0. The van der Waals surface area contributed by atoms with Crippen LogP contribution in [0.15, 0.2) is 103 Å². The number of aromatic nitrogens is 10. The first kappa shape index (κ1) is 35.7. The highest BCUT2D eigenvalue weighted by Gasteiger charge is 2.49. The molecule has 0 aliphatic carbocycles. The van der Waals surface area contributed by atoms with Crippen molar-refractivity contribution in [2.24, 2.45) is 0 Å². The maximum atomic E-state index is 12.4. The summed E-state index contributed by atoms with van der Waals surface area (Å²) >= 11 is 1.33. The fourth-order valence-corrected chi connectivity index (χ4v) is 5.75. The van der Waals surface area contributed by atoms with E-state index in [0.717, 1.165) is 39.9 Å². The Kier molecular flexibility index (Phi) is 9.71. The van der Waals surface area contributed by atoms with Crippen LogP contribution in [-0.2, 0) is 10.1 Å². The number of halogens is 3. The van der Waals surface area contributed by atoms with Gasteiger partial charge in [0.25, 0.3) is 0 Å². The number of pyridine rings is 2. The molecule has 54 heavy (non-hydrogen) atoms. The lowest BCUT2D eigenvalue weighted by atomic mass is 10.1. The molecule has 0 saturated heterocycles. The Morgan fingerprint density at radius 1 is 0.685 bits per heavy atom. The maximum absolute atomic E-state index is 12.4. The molecule has 0 atom stereocenters.